The summed E-state index contributed by atoms with van der Waals surface area (Å²) in [6.45, 7) is 0.190. The fraction of sp³-hybridized carbons (Fsp3) is 0.412. The van der Waals surface area contributed by atoms with E-state index in [1.54, 1.807) is 6.92 Å². The standard InChI is InChI=1S/C17H18F4N4O4/c1-11-7-14(25(27)28)23-24(11)6-5-22-15(26)13-4-2-3-12(8-13)9-29-10-17(20,21)16(18)19/h2-4,7-8,16H,5-6,9-10H2,1H3,(H,22,26). The van der Waals surface area contributed by atoms with E-state index in [9.17, 15) is 32.5 Å². The van der Waals surface area contributed by atoms with Crippen LogP contribution in [0.3, 0.4) is 0 Å². The Labute approximate surface area is 162 Å². The number of nitrogens with zero attached hydrogens (tertiary/aromatic N) is 3. The van der Waals surface area contributed by atoms with E-state index < -0.39 is 29.8 Å². The molecule has 2 aromatic rings. The number of carbonyl (C=O) groups is 1. The third-order valence-electron chi connectivity index (χ3n) is 3.84. The van der Waals surface area contributed by atoms with Gasteiger partial charge in [-0.15, -0.1) is 0 Å². The summed E-state index contributed by atoms with van der Waals surface area (Å²) in [5.41, 5.74) is 1.14. The van der Waals surface area contributed by atoms with E-state index in [0.717, 1.165) is 0 Å². The van der Waals surface area contributed by atoms with Crippen molar-refractivity contribution < 1.29 is 32.0 Å². The first-order chi connectivity index (χ1) is 13.6. The number of amides is 1. The number of carbonyl (C=O) groups excluding carboxylic acids is 1. The highest BCUT2D eigenvalue weighted by Gasteiger charge is 2.40. The van der Waals surface area contributed by atoms with Gasteiger partial charge in [0.15, 0.2) is 0 Å². The molecule has 0 aliphatic heterocycles. The molecule has 0 fully saturated rings. The Morgan fingerprint density at radius 1 is 1.38 bits per heavy atom. The Hall–Kier alpha value is -3.02. The third-order valence-corrected chi connectivity index (χ3v) is 3.84. The number of rotatable bonds is 10. The van der Waals surface area contributed by atoms with Crippen LogP contribution in [0.4, 0.5) is 23.4 Å². The topological polar surface area (TPSA) is 99.3 Å². The highest BCUT2D eigenvalue weighted by Crippen LogP contribution is 2.23. The molecule has 0 saturated heterocycles. The molecule has 158 valence electrons. The minimum atomic E-state index is -4.24. The molecular weight excluding hydrogens is 400 g/mol. The number of aryl methyl sites for hydroxylation is 1. The Morgan fingerprint density at radius 2 is 2.10 bits per heavy atom. The molecule has 1 aromatic carbocycles. The van der Waals surface area contributed by atoms with Gasteiger partial charge in [0, 0.05) is 12.1 Å². The number of benzene rings is 1. The van der Waals surface area contributed by atoms with Gasteiger partial charge in [0.25, 0.3) is 5.91 Å². The van der Waals surface area contributed by atoms with Crippen molar-refractivity contribution in [2.75, 3.05) is 13.2 Å². The van der Waals surface area contributed by atoms with Crippen LogP contribution >= 0.6 is 0 Å². The predicted octanol–water partition coefficient (Wildman–Crippen LogP) is 2.95. The summed E-state index contributed by atoms with van der Waals surface area (Å²) in [6, 6.07) is 7.18. The second kappa shape index (κ2) is 9.45. The van der Waals surface area contributed by atoms with E-state index in [4.69, 9.17) is 0 Å². The van der Waals surface area contributed by atoms with Crippen molar-refractivity contribution in [2.45, 2.75) is 32.4 Å². The lowest BCUT2D eigenvalue weighted by molar-refractivity contribution is -0.389. The molecule has 0 atom stereocenters. The molecule has 0 spiro atoms. The third kappa shape index (κ3) is 6.24. The molecule has 2 rings (SSSR count). The molecule has 8 nitrogen and oxygen atoms in total. The highest BCUT2D eigenvalue weighted by atomic mass is 19.3. The molecule has 1 aromatic heterocycles. The van der Waals surface area contributed by atoms with Crippen molar-refractivity contribution >= 4 is 11.7 Å². The monoisotopic (exact) mass is 418 g/mol. The molecule has 0 aliphatic carbocycles. The average molecular weight is 418 g/mol. The van der Waals surface area contributed by atoms with E-state index in [1.165, 1.54) is 35.0 Å². The minimum absolute atomic E-state index is 0.139. The van der Waals surface area contributed by atoms with Crippen LogP contribution in [-0.4, -0.2) is 46.1 Å². The van der Waals surface area contributed by atoms with Gasteiger partial charge in [-0.25, -0.2) is 8.78 Å². The summed E-state index contributed by atoms with van der Waals surface area (Å²) >= 11 is 0. The molecular formula is C17H18F4N4O4. The summed E-state index contributed by atoms with van der Waals surface area (Å²) in [5.74, 6) is -5.00. The van der Waals surface area contributed by atoms with Crippen molar-refractivity contribution in [1.82, 2.24) is 15.1 Å². The molecule has 0 bridgehead atoms. The largest absolute Gasteiger partial charge is 0.390 e. The maximum absolute atomic E-state index is 12.8. The lowest BCUT2D eigenvalue weighted by Crippen LogP contribution is -2.32. The first kappa shape index (κ1) is 22.3. The molecule has 1 N–H and O–H groups in total. The number of nitro groups is 1. The van der Waals surface area contributed by atoms with Crippen molar-refractivity contribution in [3.05, 3.63) is 57.3 Å². The molecule has 0 saturated carbocycles. The number of nitrogens with one attached hydrogen (secondary N) is 1. The predicted molar refractivity (Wildman–Crippen MR) is 93.0 cm³/mol. The Kier molecular flexibility index (Phi) is 7.26. The van der Waals surface area contributed by atoms with Crippen LogP contribution in [0.1, 0.15) is 21.6 Å². The SMILES string of the molecule is Cc1cc([N+](=O)[O-])nn1CCNC(=O)c1cccc(COCC(F)(F)C(F)F)c1. The first-order valence-electron chi connectivity index (χ1n) is 8.40. The van der Waals surface area contributed by atoms with E-state index in [0.29, 0.717) is 11.3 Å². The molecule has 1 amide bonds. The summed E-state index contributed by atoms with van der Waals surface area (Å²) in [4.78, 5) is 22.3. The quantitative estimate of drug-likeness (QED) is 0.363. The number of halogens is 4. The number of aromatic nitrogens is 2. The first-order valence-corrected chi connectivity index (χ1v) is 8.40. The molecule has 1 heterocycles. The van der Waals surface area contributed by atoms with Crippen molar-refractivity contribution in [2.24, 2.45) is 0 Å². The highest BCUT2D eigenvalue weighted by molar-refractivity contribution is 5.94. The Morgan fingerprint density at radius 3 is 2.72 bits per heavy atom. The average Bonchev–Trinajstić information content (AvgIpc) is 3.03. The zero-order valence-electron chi connectivity index (χ0n) is 15.3. The Bertz CT molecular complexity index is 873. The van der Waals surface area contributed by atoms with Gasteiger partial charge in [0.05, 0.1) is 30.0 Å². The number of alkyl halides is 4. The maximum Gasteiger partial charge on any atom is 0.390 e. The number of hydrogen-bond donors (Lipinski definition) is 1. The summed E-state index contributed by atoms with van der Waals surface area (Å²) in [7, 11) is 0. The van der Waals surface area contributed by atoms with Crippen LogP contribution < -0.4 is 5.32 Å². The van der Waals surface area contributed by atoms with Crippen LogP contribution in [0.2, 0.25) is 0 Å². The Balaban J connectivity index is 1.86. The van der Waals surface area contributed by atoms with Gasteiger partial charge in [0.2, 0.25) is 0 Å². The summed E-state index contributed by atoms with van der Waals surface area (Å²) in [6.07, 6.45) is -3.82. The molecule has 29 heavy (non-hydrogen) atoms. The minimum Gasteiger partial charge on any atom is -0.370 e. The second-order valence-electron chi connectivity index (χ2n) is 6.13. The lowest BCUT2D eigenvalue weighted by Gasteiger charge is -2.15. The maximum atomic E-state index is 12.8. The molecule has 12 heteroatoms. The van der Waals surface area contributed by atoms with Crippen LogP contribution in [0, 0.1) is 17.0 Å². The second-order valence-corrected chi connectivity index (χ2v) is 6.13. The van der Waals surface area contributed by atoms with Crippen molar-refractivity contribution in [3.63, 3.8) is 0 Å². The lowest BCUT2D eigenvalue weighted by atomic mass is 10.1. The zero-order valence-corrected chi connectivity index (χ0v) is 15.3. The van der Waals surface area contributed by atoms with Gasteiger partial charge in [-0.3, -0.25) is 4.79 Å². The van der Waals surface area contributed by atoms with E-state index in [2.05, 4.69) is 15.2 Å². The fourth-order valence-electron chi connectivity index (χ4n) is 2.36. The van der Waals surface area contributed by atoms with Crippen LogP contribution in [0.5, 0.6) is 0 Å². The van der Waals surface area contributed by atoms with E-state index >= 15 is 0 Å². The normalized spacial score (nSPS) is 11.7. The van der Waals surface area contributed by atoms with E-state index in [-0.39, 0.29) is 31.1 Å². The number of hydrogen-bond acceptors (Lipinski definition) is 5. The van der Waals surface area contributed by atoms with Gasteiger partial charge in [-0.2, -0.15) is 13.5 Å². The smallest absolute Gasteiger partial charge is 0.370 e. The van der Waals surface area contributed by atoms with Crippen molar-refractivity contribution in [1.29, 1.82) is 0 Å². The fourth-order valence-corrected chi connectivity index (χ4v) is 2.36. The van der Waals surface area contributed by atoms with Crippen LogP contribution in [0.25, 0.3) is 0 Å². The molecule has 0 unspecified atom stereocenters. The molecule has 0 aliphatic rings. The number of ether oxygens (including phenoxy) is 1. The van der Waals surface area contributed by atoms with Crippen molar-refractivity contribution in [3.8, 4) is 0 Å². The van der Waals surface area contributed by atoms with Gasteiger partial charge >= 0.3 is 18.2 Å². The van der Waals surface area contributed by atoms with Gasteiger partial charge in [0.1, 0.15) is 6.61 Å². The zero-order chi connectivity index (χ0) is 21.6. The molecule has 0 radical (unpaired) electrons. The van der Waals surface area contributed by atoms with Gasteiger partial charge < -0.3 is 20.2 Å². The summed E-state index contributed by atoms with van der Waals surface area (Å²) in [5, 5.41) is 17.1. The van der Waals surface area contributed by atoms with E-state index in [1.807, 2.05) is 0 Å². The van der Waals surface area contributed by atoms with Gasteiger partial charge in [-0.1, -0.05) is 12.1 Å². The van der Waals surface area contributed by atoms with Gasteiger partial charge in [-0.05, 0) is 29.5 Å². The van der Waals surface area contributed by atoms with Crippen LogP contribution in [-0.2, 0) is 17.9 Å². The van der Waals surface area contributed by atoms with Crippen LogP contribution in [0.15, 0.2) is 30.3 Å². The summed E-state index contributed by atoms with van der Waals surface area (Å²) < 4.78 is 55.8.